The number of nitrogens with zero attached hydrogens (tertiary/aromatic N) is 1. The van der Waals surface area contributed by atoms with Crippen LogP contribution in [-0.4, -0.2) is 10.7 Å². The summed E-state index contributed by atoms with van der Waals surface area (Å²) < 4.78 is 5.50. The summed E-state index contributed by atoms with van der Waals surface area (Å²) >= 11 is 1.88. The summed E-state index contributed by atoms with van der Waals surface area (Å²) in [6.45, 7) is 10.7. The van der Waals surface area contributed by atoms with Crippen molar-refractivity contribution in [2.24, 2.45) is 5.41 Å². The molecule has 3 heteroatoms. The van der Waals surface area contributed by atoms with Crippen molar-refractivity contribution < 1.29 is 4.42 Å². The zero-order chi connectivity index (χ0) is 10.8. The van der Waals surface area contributed by atoms with Crippen LogP contribution in [0.25, 0.3) is 0 Å². The summed E-state index contributed by atoms with van der Waals surface area (Å²) in [6.07, 6.45) is 0. The Labute approximate surface area is 90.5 Å². The molecule has 0 aromatic carbocycles. The maximum atomic E-state index is 5.50. The summed E-state index contributed by atoms with van der Waals surface area (Å²) in [5.74, 6) is 3.81. The van der Waals surface area contributed by atoms with Crippen LogP contribution in [-0.2, 0) is 5.75 Å². The van der Waals surface area contributed by atoms with Crippen molar-refractivity contribution in [1.82, 2.24) is 4.98 Å². The van der Waals surface area contributed by atoms with E-state index in [1.807, 2.05) is 25.6 Å². The van der Waals surface area contributed by atoms with Gasteiger partial charge in [0.2, 0.25) is 5.89 Å². The molecule has 14 heavy (non-hydrogen) atoms. The smallest absolute Gasteiger partial charge is 0.204 e. The first-order chi connectivity index (χ1) is 6.38. The first-order valence-corrected chi connectivity index (χ1v) is 6.04. The maximum absolute atomic E-state index is 5.50. The van der Waals surface area contributed by atoms with Gasteiger partial charge in [0.1, 0.15) is 5.76 Å². The minimum Gasteiger partial charge on any atom is -0.445 e. The summed E-state index contributed by atoms with van der Waals surface area (Å²) in [5, 5.41) is 0. The molecule has 0 unspecified atom stereocenters. The van der Waals surface area contributed by atoms with Gasteiger partial charge in [-0.25, -0.2) is 4.98 Å². The van der Waals surface area contributed by atoms with Crippen molar-refractivity contribution in [3.63, 3.8) is 0 Å². The molecule has 0 spiro atoms. The van der Waals surface area contributed by atoms with Gasteiger partial charge in [0.15, 0.2) is 0 Å². The first kappa shape index (κ1) is 11.6. The van der Waals surface area contributed by atoms with E-state index in [0.29, 0.717) is 5.41 Å². The van der Waals surface area contributed by atoms with E-state index in [-0.39, 0.29) is 0 Å². The van der Waals surface area contributed by atoms with Crippen LogP contribution in [0.1, 0.15) is 38.1 Å². The van der Waals surface area contributed by atoms with Crippen molar-refractivity contribution in [2.75, 3.05) is 5.75 Å². The lowest BCUT2D eigenvalue weighted by Gasteiger charge is -2.16. The van der Waals surface area contributed by atoms with Crippen LogP contribution in [0.4, 0.5) is 0 Å². The Balaban J connectivity index is 2.39. The van der Waals surface area contributed by atoms with Gasteiger partial charge in [0.25, 0.3) is 0 Å². The third-order valence-electron chi connectivity index (χ3n) is 1.83. The zero-order valence-corrected chi connectivity index (χ0v) is 10.5. The van der Waals surface area contributed by atoms with E-state index < -0.39 is 0 Å². The Kier molecular flexibility index (Phi) is 3.65. The molecule has 0 amide bonds. The van der Waals surface area contributed by atoms with E-state index in [0.717, 1.165) is 28.9 Å². The number of oxazole rings is 1. The molecule has 0 bridgehead atoms. The van der Waals surface area contributed by atoms with Gasteiger partial charge in [0.05, 0.1) is 11.4 Å². The standard InChI is InChI=1S/C11H19NOS/c1-8-9(2)13-10(12-8)6-14-7-11(3,4)5/h6-7H2,1-5H3. The van der Waals surface area contributed by atoms with Gasteiger partial charge >= 0.3 is 0 Å². The summed E-state index contributed by atoms with van der Waals surface area (Å²) in [5.41, 5.74) is 1.39. The van der Waals surface area contributed by atoms with Crippen LogP contribution >= 0.6 is 11.8 Å². The molecule has 1 aromatic rings. The maximum Gasteiger partial charge on any atom is 0.204 e. The van der Waals surface area contributed by atoms with Crippen LogP contribution in [0.15, 0.2) is 4.42 Å². The van der Waals surface area contributed by atoms with E-state index in [1.54, 1.807) is 0 Å². The van der Waals surface area contributed by atoms with Gasteiger partial charge < -0.3 is 4.42 Å². The predicted octanol–water partition coefficient (Wildman–Crippen LogP) is 3.57. The van der Waals surface area contributed by atoms with Crippen LogP contribution in [0.2, 0.25) is 0 Å². The van der Waals surface area contributed by atoms with Gasteiger partial charge in [-0.15, -0.1) is 0 Å². The topological polar surface area (TPSA) is 26.0 Å². The molecule has 0 N–H and O–H groups in total. The molecular weight excluding hydrogens is 194 g/mol. The fraction of sp³-hybridized carbons (Fsp3) is 0.727. The van der Waals surface area contributed by atoms with Crippen LogP contribution in [0, 0.1) is 19.3 Å². The third-order valence-corrected chi connectivity index (χ3v) is 3.35. The second kappa shape index (κ2) is 4.39. The number of hydrogen-bond donors (Lipinski definition) is 0. The fourth-order valence-corrected chi connectivity index (χ4v) is 2.06. The number of thioether (sulfide) groups is 1. The molecular formula is C11H19NOS. The monoisotopic (exact) mass is 213 g/mol. The van der Waals surface area contributed by atoms with E-state index in [2.05, 4.69) is 25.8 Å². The second-order valence-electron chi connectivity index (χ2n) is 4.80. The quantitative estimate of drug-likeness (QED) is 0.767. The summed E-state index contributed by atoms with van der Waals surface area (Å²) in [7, 11) is 0. The summed E-state index contributed by atoms with van der Waals surface area (Å²) in [6, 6.07) is 0. The lowest BCUT2D eigenvalue weighted by molar-refractivity contribution is 0.476. The van der Waals surface area contributed by atoms with Gasteiger partial charge in [-0.1, -0.05) is 20.8 Å². The molecule has 1 aromatic heterocycles. The number of rotatable bonds is 3. The largest absolute Gasteiger partial charge is 0.445 e. The van der Waals surface area contributed by atoms with E-state index in [9.17, 15) is 0 Å². The highest BCUT2D eigenvalue weighted by atomic mass is 32.2. The predicted molar refractivity (Wildman–Crippen MR) is 61.6 cm³/mol. The van der Waals surface area contributed by atoms with Crippen molar-refractivity contribution in [1.29, 1.82) is 0 Å². The normalized spacial score (nSPS) is 12.1. The highest BCUT2D eigenvalue weighted by Crippen LogP contribution is 2.23. The molecule has 0 radical (unpaired) electrons. The molecule has 0 aliphatic heterocycles. The molecule has 0 saturated carbocycles. The van der Waals surface area contributed by atoms with E-state index in [4.69, 9.17) is 4.42 Å². The lowest BCUT2D eigenvalue weighted by atomic mass is 10.0. The van der Waals surface area contributed by atoms with Crippen LogP contribution in [0.3, 0.4) is 0 Å². The zero-order valence-electron chi connectivity index (χ0n) is 9.68. The highest BCUT2D eigenvalue weighted by molar-refractivity contribution is 7.98. The minimum atomic E-state index is 0.376. The summed E-state index contributed by atoms with van der Waals surface area (Å²) in [4.78, 5) is 4.34. The molecule has 0 aliphatic carbocycles. The molecule has 0 aliphatic rings. The molecule has 0 fully saturated rings. The van der Waals surface area contributed by atoms with Crippen molar-refractivity contribution in [2.45, 2.75) is 40.4 Å². The van der Waals surface area contributed by atoms with Crippen molar-refractivity contribution >= 4 is 11.8 Å². The van der Waals surface area contributed by atoms with E-state index in [1.165, 1.54) is 0 Å². The molecule has 0 saturated heterocycles. The van der Waals surface area contributed by atoms with Crippen molar-refractivity contribution in [3.05, 3.63) is 17.3 Å². The van der Waals surface area contributed by atoms with E-state index >= 15 is 0 Å². The van der Waals surface area contributed by atoms with Gasteiger partial charge in [-0.2, -0.15) is 11.8 Å². The Bertz CT molecular complexity index is 279. The van der Waals surface area contributed by atoms with Crippen molar-refractivity contribution in [3.8, 4) is 0 Å². The molecule has 1 rings (SSSR count). The molecule has 0 atom stereocenters. The minimum absolute atomic E-state index is 0.376. The van der Waals surface area contributed by atoms with Gasteiger partial charge in [-0.05, 0) is 25.0 Å². The number of aryl methyl sites for hydroxylation is 2. The van der Waals surface area contributed by atoms with Gasteiger partial charge in [0, 0.05) is 0 Å². The fourth-order valence-electron chi connectivity index (χ4n) is 1.05. The number of hydrogen-bond acceptors (Lipinski definition) is 3. The Morgan fingerprint density at radius 3 is 2.36 bits per heavy atom. The Morgan fingerprint density at radius 2 is 1.93 bits per heavy atom. The Morgan fingerprint density at radius 1 is 1.29 bits per heavy atom. The molecule has 2 nitrogen and oxygen atoms in total. The SMILES string of the molecule is Cc1nc(CSCC(C)(C)C)oc1C. The molecule has 1 heterocycles. The lowest BCUT2D eigenvalue weighted by Crippen LogP contribution is -2.08. The third kappa shape index (κ3) is 3.74. The average Bonchev–Trinajstić information content (AvgIpc) is 2.28. The molecule has 80 valence electrons. The van der Waals surface area contributed by atoms with Crippen LogP contribution in [0.5, 0.6) is 0 Å². The van der Waals surface area contributed by atoms with Gasteiger partial charge in [-0.3, -0.25) is 0 Å². The van der Waals surface area contributed by atoms with Crippen LogP contribution < -0.4 is 0 Å². The first-order valence-electron chi connectivity index (χ1n) is 4.89. The highest BCUT2D eigenvalue weighted by Gasteiger charge is 2.11. The number of aromatic nitrogens is 1. The Hall–Kier alpha value is -0.440. The average molecular weight is 213 g/mol. The second-order valence-corrected chi connectivity index (χ2v) is 5.79.